The first-order chi connectivity index (χ1) is 8.04. The molecule has 0 aromatic heterocycles. The Balaban J connectivity index is 2.60. The zero-order valence-corrected chi connectivity index (χ0v) is 11.2. The summed E-state index contributed by atoms with van der Waals surface area (Å²) in [5, 5.41) is 0.721. The van der Waals surface area contributed by atoms with Gasteiger partial charge < -0.3 is 4.74 Å². The van der Waals surface area contributed by atoms with Gasteiger partial charge in [-0.1, -0.05) is 23.7 Å². The molecule has 3 nitrogen and oxygen atoms in total. The highest BCUT2D eigenvalue weighted by Gasteiger charge is 2.14. The van der Waals surface area contributed by atoms with Crippen molar-refractivity contribution in [3.05, 3.63) is 34.9 Å². The summed E-state index contributed by atoms with van der Waals surface area (Å²) in [6.07, 6.45) is 0. The summed E-state index contributed by atoms with van der Waals surface area (Å²) in [4.78, 5) is 13.4. The Morgan fingerprint density at radius 3 is 2.53 bits per heavy atom. The molecule has 0 N–H and O–H groups in total. The van der Waals surface area contributed by atoms with Crippen LogP contribution in [-0.2, 0) is 9.53 Å². The summed E-state index contributed by atoms with van der Waals surface area (Å²) in [5.74, 6) is 0.0795. The average Bonchev–Trinajstić information content (AvgIpc) is 2.29. The summed E-state index contributed by atoms with van der Waals surface area (Å²) < 4.78 is 4.81. The predicted octanol–water partition coefficient (Wildman–Crippen LogP) is 2.55. The van der Waals surface area contributed by atoms with Crippen molar-refractivity contribution in [2.75, 3.05) is 27.3 Å². The second-order valence-electron chi connectivity index (χ2n) is 4.11. The number of methoxy groups -OCH3 is 1. The second-order valence-corrected chi connectivity index (χ2v) is 4.55. The zero-order valence-electron chi connectivity index (χ0n) is 10.4. The first kappa shape index (κ1) is 14.2. The molecule has 0 aliphatic heterocycles. The van der Waals surface area contributed by atoms with Crippen LogP contribution in [0.25, 0.3) is 0 Å². The number of ether oxygens (including phenoxy) is 1. The Hall–Kier alpha value is -0.900. The summed E-state index contributed by atoms with van der Waals surface area (Å²) in [7, 11) is 3.45. The van der Waals surface area contributed by atoms with Gasteiger partial charge in [-0.3, -0.25) is 9.69 Å². The Kier molecular flexibility index (Phi) is 5.62. The molecule has 4 heteroatoms. The number of halogens is 1. The molecule has 0 saturated carbocycles. The van der Waals surface area contributed by atoms with Crippen LogP contribution < -0.4 is 0 Å². The van der Waals surface area contributed by atoms with Crippen molar-refractivity contribution >= 4 is 17.4 Å². The van der Waals surface area contributed by atoms with Gasteiger partial charge >= 0.3 is 0 Å². The molecule has 0 aliphatic rings. The maximum Gasteiger partial charge on any atom is 0.172 e. The lowest BCUT2D eigenvalue weighted by atomic mass is 10.1. The van der Waals surface area contributed by atoms with Gasteiger partial charge in [0.15, 0.2) is 5.78 Å². The van der Waals surface area contributed by atoms with Crippen LogP contribution in [0.3, 0.4) is 0 Å². The lowest BCUT2D eigenvalue weighted by molar-refractivity contribution is -0.123. The Morgan fingerprint density at radius 1 is 1.41 bits per heavy atom. The van der Waals surface area contributed by atoms with Gasteiger partial charge in [-0.2, -0.15) is 0 Å². The maximum atomic E-state index is 11.5. The molecule has 94 valence electrons. The molecular formula is C13H18ClNO2. The van der Waals surface area contributed by atoms with Crippen molar-refractivity contribution in [3.8, 4) is 0 Å². The zero-order chi connectivity index (χ0) is 12.8. The first-order valence-electron chi connectivity index (χ1n) is 5.51. The number of Topliss-reactive ketones (excluding diaryl/α,β-unsaturated/α-hetero) is 1. The molecule has 1 unspecified atom stereocenters. The van der Waals surface area contributed by atoms with E-state index in [0.29, 0.717) is 6.54 Å². The van der Waals surface area contributed by atoms with E-state index in [1.807, 2.05) is 36.2 Å². The maximum absolute atomic E-state index is 11.5. The van der Waals surface area contributed by atoms with Gasteiger partial charge in [0.05, 0.1) is 6.54 Å². The lowest BCUT2D eigenvalue weighted by Gasteiger charge is -2.24. The van der Waals surface area contributed by atoms with Crippen molar-refractivity contribution in [3.63, 3.8) is 0 Å². The summed E-state index contributed by atoms with van der Waals surface area (Å²) in [6.45, 7) is 2.61. The predicted molar refractivity (Wildman–Crippen MR) is 69.4 cm³/mol. The number of likely N-dealkylation sites (N-methyl/N-ethyl adjacent to an activating group) is 1. The number of benzene rings is 1. The molecule has 0 aliphatic carbocycles. The van der Waals surface area contributed by atoms with Crippen LogP contribution in [-0.4, -0.2) is 38.0 Å². The molecule has 1 aromatic carbocycles. The van der Waals surface area contributed by atoms with Gasteiger partial charge in [-0.25, -0.2) is 0 Å². The number of hydrogen-bond donors (Lipinski definition) is 0. The van der Waals surface area contributed by atoms with Crippen LogP contribution >= 0.6 is 11.6 Å². The van der Waals surface area contributed by atoms with E-state index in [-0.39, 0.29) is 18.4 Å². The Morgan fingerprint density at radius 2 is 2.00 bits per heavy atom. The molecule has 0 fully saturated rings. The fraction of sp³-hybridized carbons (Fsp3) is 0.462. The number of ketones is 1. The number of carbonyl (C=O) groups excluding carboxylic acids is 1. The van der Waals surface area contributed by atoms with Gasteiger partial charge in [0.1, 0.15) is 6.61 Å². The largest absolute Gasteiger partial charge is 0.377 e. The monoisotopic (exact) mass is 255 g/mol. The van der Waals surface area contributed by atoms with E-state index >= 15 is 0 Å². The topological polar surface area (TPSA) is 29.5 Å². The number of rotatable bonds is 6. The fourth-order valence-corrected chi connectivity index (χ4v) is 1.74. The van der Waals surface area contributed by atoms with Gasteiger partial charge in [-0.05, 0) is 31.7 Å². The highest BCUT2D eigenvalue weighted by molar-refractivity contribution is 6.30. The molecule has 1 atom stereocenters. The van der Waals surface area contributed by atoms with Crippen molar-refractivity contribution in [1.29, 1.82) is 0 Å². The SMILES string of the molecule is COCC(=O)CN(C)C(C)c1ccc(Cl)cc1. The van der Waals surface area contributed by atoms with E-state index in [1.165, 1.54) is 7.11 Å². The van der Waals surface area contributed by atoms with Crippen molar-refractivity contribution in [2.45, 2.75) is 13.0 Å². The van der Waals surface area contributed by atoms with Crippen LogP contribution in [0, 0.1) is 0 Å². The highest BCUT2D eigenvalue weighted by atomic mass is 35.5. The third kappa shape index (κ3) is 4.46. The minimum Gasteiger partial charge on any atom is -0.377 e. The summed E-state index contributed by atoms with van der Waals surface area (Å²) >= 11 is 5.84. The minimum atomic E-state index is 0.0795. The molecular weight excluding hydrogens is 238 g/mol. The molecule has 0 amide bonds. The molecule has 0 saturated heterocycles. The van der Waals surface area contributed by atoms with Gasteiger partial charge in [0.2, 0.25) is 0 Å². The van der Waals surface area contributed by atoms with E-state index in [9.17, 15) is 4.79 Å². The van der Waals surface area contributed by atoms with E-state index in [1.54, 1.807) is 0 Å². The fourth-order valence-electron chi connectivity index (χ4n) is 1.62. The molecule has 0 heterocycles. The molecule has 0 radical (unpaired) electrons. The summed E-state index contributed by atoms with van der Waals surface area (Å²) in [5.41, 5.74) is 1.14. The Bertz CT molecular complexity index is 364. The van der Waals surface area contributed by atoms with E-state index in [2.05, 4.69) is 6.92 Å². The number of hydrogen-bond acceptors (Lipinski definition) is 3. The summed E-state index contributed by atoms with van der Waals surface area (Å²) in [6, 6.07) is 7.85. The van der Waals surface area contributed by atoms with Gasteiger partial charge in [0.25, 0.3) is 0 Å². The second kappa shape index (κ2) is 6.74. The Labute approximate surface area is 107 Å². The molecule has 0 spiro atoms. The first-order valence-corrected chi connectivity index (χ1v) is 5.88. The number of nitrogens with zero attached hydrogens (tertiary/aromatic N) is 1. The van der Waals surface area contributed by atoms with Crippen molar-refractivity contribution in [1.82, 2.24) is 4.90 Å². The van der Waals surface area contributed by atoms with E-state index in [4.69, 9.17) is 16.3 Å². The minimum absolute atomic E-state index is 0.0795. The lowest BCUT2D eigenvalue weighted by Crippen LogP contribution is -2.30. The molecule has 0 bridgehead atoms. The van der Waals surface area contributed by atoms with E-state index in [0.717, 1.165) is 10.6 Å². The molecule has 1 aromatic rings. The standard InChI is InChI=1S/C13H18ClNO2/c1-10(11-4-6-12(14)7-5-11)15(2)8-13(16)9-17-3/h4-7,10H,8-9H2,1-3H3. The van der Waals surface area contributed by atoms with Crippen LogP contribution in [0.2, 0.25) is 5.02 Å². The van der Waals surface area contributed by atoms with E-state index < -0.39 is 0 Å². The quantitative estimate of drug-likeness (QED) is 0.782. The highest BCUT2D eigenvalue weighted by Crippen LogP contribution is 2.20. The van der Waals surface area contributed by atoms with Crippen LogP contribution in [0.4, 0.5) is 0 Å². The third-order valence-electron chi connectivity index (χ3n) is 2.74. The normalized spacial score (nSPS) is 12.8. The smallest absolute Gasteiger partial charge is 0.172 e. The third-order valence-corrected chi connectivity index (χ3v) is 3.00. The average molecular weight is 256 g/mol. The van der Waals surface area contributed by atoms with Crippen LogP contribution in [0.1, 0.15) is 18.5 Å². The van der Waals surface area contributed by atoms with Crippen molar-refractivity contribution in [2.24, 2.45) is 0 Å². The van der Waals surface area contributed by atoms with Crippen LogP contribution in [0.15, 0.2) is 24.3 Å². The molecule has 17 heavy (non-hydrogen) atoms. The number of carbonyl (C=O) groups is 1. The van der Waals surface area contributed by atoms with Gasteiger partial charge in [0, 0.05) is 18.2 Å². The van der Waals surface area contributed by atoms with Crippen molar-refractivity contribution < 1.29 is 9.53 Å². The van der Waals surface area contributed by atoms with Gasteiger partial charge in [-0.15, -0.1) is 0 Å². The molecule has 1 rings (SSSR count). The van der Waals surface area contributed by atoms with Crippen LogP contribution in [0.5, 0.6) is 0 Å².